The lowest BCUT2D eigenvalue weighted by Crippen LogP contribution is -2.49. The molecule has 1 N–H and O–H groups in total. The summed E-state index contributed by atoms with van der Waals surface area (Å²) < 4.78 is 2.26. The summed E-state index contributed by atoms with van der Waals surface area (Å²) in [6, 6.07) is 18.6. The number of benzene rings is 3. The van der Waals surface area contributed by atoms with Gasteiger partial charge in [-0.05, 0) is 70.8 Å². The SMILES string of the molecule is C=CC(=O)N1CC(n2ccc3cc(-c4cc(O)cc5ccccc45)c(C)cc32)C1. The van der Waals surface area contributed by atoms with Gasteiger partial charge in [-0.25, -0.2) is 0 Å². The van der Waals surface area contributed by atoms with Crippen LogP contribution in [0, 0.1) is 6.92 Å². The zero-order chi connectivity index (χ0) is 20.1. The number of hydrogen-bond donors (Lipinski definition) is 1. The molecule has 1 aliphatic heterocycles. The van der Waals surface area contributed by atoms with Crippen molar-refractivity contribution >= 4 is 27.6 Å². The standard InChI is InChI=1S/C25H22N2O2/c1-3-25(29)26-14-19(15-26)27-9-8-18-12-22(16(2)10-24(18)27)23-13-20(28)11-17-6-4-5-7-21(17)23/h3-13,19,28H,1,14-15H2,2H3. The smallest absolute Gasteiger partial charge is 0.246 e. The largest absolute Gasteiger partial charge is 0.508 e. The first-order chi connectivity index (χ1) is 14.0. The maximum atomic E-state index is 11.7. The van der Waals surface area contributed by atoms with Crippen molar-refractivity contribution < 1.29 is 9.90 Å². The summed E-state index contributed by atoms with van der Waals surface area (Å²) in [5.74, 6) is 0.268. The number of nitrogens with zero attached hydrogens (tertiary/aromatic N) is 2. The molecule has 4 aromatic rings. The summed E-state index contributed by atoms with van der Waals surface area (Å²) in [5.41, 5.74) is 4.50. The number of carbonyl (C=O) groups excluding carboxylic acids is 1. The predicted molar refractivity (Wildman–Crippen MR) is 117 cm³/mol. The topological polar surface area (TPSA) is 45.5 Å². The minimum atomic E-state index is -0.00746. The second-order valence-electron chi connectivity index (χ2n) is 7.76. The number of hydrogen-bond acceptors (Lipinski definition) is 2. The lowest BCUT2D eigenvalue weighted by Gasteiger charge is -2.39. The molecule has 4 heteroatoms. The summed E-state index contributed by atoms with van der Waals surface area (Å²) in [5, 5.41) is 13.6. The molecule has 2 heterocycles. The normalized spacial score (nSPS) is 14.3. The fourth-order valence-electron chi connectivity index (χ4n) is 4.37. The van der Waals surface area contributed by atoms with Gasteiger partial charge in [-0.1, -0.05) is 30.8 Å². The molecule has 1 amide bonds. The number of fused-ring (bicyclic) bond motifs is 2. The minimum Gasteiger partial charge on any atom is -0.508 e. The molecule has 144 valence electrons. The summed E-state index contributed by atoms with van der Waals surface area (Å²) >= 11 is 0. The molecule has 5 rings (SSSR count). The van der Waals surface area contributed by atoms with Gasteiger partial charge in [-0.3, -0.25) is 4.79 Å². The Morgan fingerprint density at radius 1 is 1.07 bits per heavy atom. The van der Waals surface area contributed by atoms with Crippen molar-refractivity contribution in [2.24, 2.45) is 0 Å². The van der Waals surface area contributed by atoms with Crippen molar-refractivity contribution in [3.05, 3.63) is 79.0 Å². The van der Waals surface area contributed by atoms with Gasteiger partial charge in [0.05, 0.1) is 6.04 Å². The van der Waals surface area contributed by atoms with Gasteiger partial charge < -0.3 is 14.6 Å². The van der Waals surface area contributed by atoms with Gasteiger partial charge in [0.15, 0.2) is 0 Å². The van der Waals surface area contributed by atoms with Crippen molar-refractivity contribution in [3.8, 4) is 16.9 Å². The highest BCUT2D eigenvalue weighted by molar-refractivity contribution is 6.00. The molecule has 0 spiro atoms. The average Bonchev–Trinajstić information content (AvgIpc) is 3.07. The molecule has 0 unspecified atom stereocenters. The van der Waals surface area contributed by atoms with E-state index < -0.39 is 0 Å². The molecule has 1 aliphatic rings. The maximum Gasteiger partial charge on any atom is 0.246 e. The van der Waals surface area contributed by atoms with Crippen LogP contribution in [0.1, 0.15) is 11.6 Å². The third-order valence-electron chi connectivity index (χ3n) is 5.95. The van der Waals surface area contributed by atoms with Gasteiger partial charge in [0, 0.05) is 30.2 Å². The number of rotatable bonds is 3. The highest BCUT2D eigenvalue weighted by Crippen LogP contribution is 2.37. The van der Waals surface area contributed by atoms with Crippen molar-refractivity contribution in [3.63, 3.8) is 0 Å². The molecular formula is C25H22N2O2. The zero-order valence-corrected chi connectivity index (χ0v) is 16.3. The summed E-state index contributed by atoms with van der Waals surface area (Å²) in [6.45, 7) is 7.10. The first-order valence-corrected chi connectivity index (χ1v) is 9.80. The first-order valence-electron chi connectivity index (χ1n) is 9.80. The van der Waals surface area contributed by atoms with Gasteiger partial charge >= 0.3 is 0 Å². The van der Waals surface area contributed by atoms with Crippen LogP contribution in [0.5, 0.6) is 5.75 Å². The van der Waals surface area contributed by atoms with Crippen LogP contribution in [0.15, 0.2) is 73.4 Å². The molecule has 1 aromatic heterocycles. The van der Waals surface area contributed by atoms with Crippen LogP contribution in [0.4, 0.5) is 0 Å². The van der Waals surface area contributed by atoms with Crippen molar-refractivity contribution in [1.29, 1.82) is 0 Å². The fourth-order valence-corrected chi connectivity index (χ4v) is 4.37. The number of phenolic OH excluding ortho intramolecular Hbond substituents is 1. The second-order valence-corrected chi connectivity index (χ2v) is 7.76. The number of aromatic hydroxyl groups is 1. The van der Waals surface area contributed by atoms with Crippen molar-refractivity contribution in [2.75, 3.05) is 13.1 Å². The van der Waals surface area contributed by atoms with Crippen molar-refractivity contribution in [2.45, 2.75) is 13.0 Å². The van der Waals surface area contributed by atoms with Gasteiger partial charge in [-0.15, -0.1) is 0 Å². The quantitative estimate of drug-likeness (QED) is 0.504. The van der Waals surface area contributed by atoms with E-state index in [1.165, 1.54) is 11.6 Å². The first kappa shape index (κ1) is 17.6. The molecule has 0 radical (unpaired) electrons. The Kier molecular flexibility index (Phi) is 3.95. The molecular weight excluding hydrogens is 360 g/mol. The van der Waals surface area contributed by atoms with E-state index in [1.54, 1.807) is 6.07 Å². The molecule has 3 aromatic carbocycles. The molecule has 0 bridgehead atoms. The van der Waals surface area contributed by atoms with E-state index >= 15 is 0 Å². The number of phenols is 1. The number of carbonyl (C=O) groups is 1. The number of amides is 1. The van der Waals surface area contributed by atoms with E-state index in [1.807, 2.05) is 29.2 Å². The molecule has 0 saturated carbocycles. The number of aromatic nitrogens is 1. The third kappa shape index (κ3) is 2.80. The van der Waals surface area contributed by atoms with Crippen molar-refractivity contribution in [1.82, 2.24) is 9.47 Å². The average molecular weight is 382 g/mol. The highest BCUT2D eigenvalue weighted by Gasteiger charge is 2.31. The number of aryl methyl sites for hydroxylation is 1. The van der Waals surface area contributed by atoms with Crippen LogP contribution in [0.3, 0.4) is 0 Å². The Balaban J connectivity index is 1.58. The predicted octanol–water partition coefficient (Wildman–Crippen LogP) is 5.04. The van der Waals surface area contributed by atoms with E-state index in [2.05, 4.69) is 48.5 Å². The van der Waals surface area contributed by atoms with E-state index in [9.17, 15) is 9.90 Å². The maximum absolute atomic E-state index is 11.7. The summed E-state index contributed by atoms with van der Waals surface area (Å²) in [4.78, 5) is 13.6. The molecule has 0 aliphatic carbocycles. The highest BCUT2D eigenvalue weighted by atomic mass is 16.3. The van der Waals surface area contributed by atoms with Gasteiger partial charge in [0.2, 0.25) is 5.91 Å². The molecule has 1 saturated heterocycles. The summed E-state index contributed by atoms with van der Waals surface area (Å²) in [7, 11) is 0. The van der Waals surface area contributed by atoms with Crippen LogP contribution in [0.2, 0.25) is 0 Å². The zero-order valence-electron chi connectivity index (χ0n) is 16.3. The second kappa shape index (κ2) is 6.52. The van der Waals surface area contributed by atoms with E-state index in [0.717, 1.165) is 32.8 Å². The van der Waals surface area contributed by atoms with E-state index in [0.29, 0.717) is 19.1 Å². The third-order valence-corrected chi connectivity index (χ3v) is 5.95. The van der Waals surface area contributed by atoms with Crippen LogP contribution in [-0.4, -0.2) is 33.6 Å². The number of likely N-dealkylation sites (tertiary alicyclic amines) is 1. The minimum absolute atomic E-state index is 0.00746. The Labute approximate surface area is 169 Å². The van der Waals surface area contributed by atoms with Crippen LogP contribution in [-0.2, 0) is 4.79 Å². The van der Waals surface area contributed by atoms with Crippen LogP contribution >= 0.6 is 0 Å². The molecule has 29 heavy (non-hydrogen) atoms. The van der Waals surface area contributed by atoms with Crippen LogP contribution < -0.4 is 0 Å². The van der Waals surface area contributed by atoms with E-state index in [-0.39, 0.29) is 11.7 Å². The molecule has 1 fully saturated rings. The Hall–Kier alpha value is -3.53. The molecule has 0 atom stereocenters. The molecule has 4 nitrogen and oxygen atoms in total. The summed E-state index contributed by atoms with van der Waals surface area (Å²) in [6.07, 6.45) is 3.48. The Morgan fingerprint density at radius 3 is 2.66 bits per heavy atom. The Bertz CT molecular complexity index is 1280. The van der Waals surface area contributed by atoms with Gasteiger partial charge in [0.25, 0.3) is 0 Å². The van der Waals surface area contributed by atoms with Gasteiger partial charge in [0.1, 0.15) is 5.75 Å². The van der Waals surface area contributed by atoms with Crippen LogP contribution in [0.25, 0.3) is 32.8 Å². The fraction of sp³-hybridized carbons (Fsp3) is 0.160. The van der Waals surface area contributed by atoms with E-state index in [4.69, 9.17) is 0 Å². The Morgan fingerprint density at radius 2 is 1.86 bits per heavy atom. The van der Waals surface area contributed by atoms with Gasteiger partial charge in [-0.2, -0.15) is 0 Å². The lowest BCUT2D eigenvalue weighted by molar-refractivity contribution is -0.131. The lowest BCUT2D eigenvalue weighted by atomic mass is 9.93. The monoisotopic (exact) mass is 382 g/mol.